The Morgan fingerprint density at radius 3 is 1.96 bits per heavy atom. The Balaban J connectivity index is 1.25. The lowest BCUT2D eigenvalue weighted by Crippen LogP contribution is -2.67. The molecule has 4 aliphatic carbocycles. The molecule has 13 nitrogen and oxygen atoms in total. The smallest absolute Gasteiger partial charge is 0.187 e. The normalized spacial score (nSPS) is 52.0. The van der Waals surface area contributed by atoms with E-state index in [4.69, 9.17) is 18.9 Å². The number of hydrogen-bond donors (Lipinski definition) is 9. The SMILES string of the molecule is CC(C)=CCC[C@](C)(O[C@@H]1O[C@H](CO[C@@H]2O[C@H](CO)[C@@H](O)[C@H](O)[C@H]2O)[C@@H](O)[C@H](O)[C@H]1O)[C@H]1CC[C@]2(C)[C@@H]1[C@H](O)C[C@@H]1[C@@]3(C)CC[C@H](O)C(C)(C)[C@@H]3CC[C@]12C. The second-order valence-electron chi connectivity index (χ2n) is 20.1. The topological polar surface area (TPSA) is 219 Å². The minimum absolute atomic E-state index is 0.0181. The van der Waals surface area contributed by atoms with Crippen LogP contribution in [-0.2, 0) is 18.9 Å². The first kappa shape index (κ1) is 43.8. The molecule has 318 valence electrons. The second-order valence-corrected chi connectivity index (χ2v) is 20.1. The summed E-state index contributed by atoms with van der Waals surface area (Å²) in [5.74, 6) is 0.389. The molecular formula is C42H72O13. The van der Waals surface area contributed by atoms with Gasteiger partial charge < -0.3 is 64.9 Å². The van der Waals surface area contributed by atoms with E-state index in [9.17, 15) is 46.0 Å². The van der Waals surface area contributed by atoms with Crippen LogP contribution in [-0.4, -0.2) is 138 Å². The number of rotatable bonds is 10. The monoisotopic (exact) mass is 784 g/mol. The van der Waals surface area contributed by atoms with Crippen LogP contribution in [0.4, 0.5) is 0 Å². The molecule has 55 heavy (non-hydrogen) atoms. The quantitative estimate of drug-likeness (QED) is 0.145. The van der Waals surface area contributed by atoms with Crippen LogP contribution < -0.4 is 0 Å². The van der Waals surface area contributed by atoms with E-state index < -0.39 is 86.3 Å². The molecule has 9 N–H and O–H groups in total. The highest BCUT2D eigenvalue weighted by Gasteiger charge is 2.71. The van der Waals surface area contributed by atoms with E-state index in [-0.39, 0.29) is 45.5 Å². The highest BCUT2D eigenvalue weighted by Crippen LogP contribution is 2.76. The van der Waals surface area contributed by atoms with Crippen LogP contribution in [0.25, 0.3) is 0 Å². The molecule has 6 rings (SSSR count). The molecule has 0 bridgehead atoms. The lowest BCUT2D eigenvalue weighted by Gasteiger charge is -2.70. The number of fused-ring (bicyclic) bond motifs is 5. The summed E-state index contributed by atoms with van der Waals surface area (Å²) in [6, 6.07) is 0. The molecule has 0 unspecified atom stereocenters. The average molecular weight is 785 g/mol. The van der Waals surface area contributed by atoms with Crippen LogP contribution in [0.5, 0.6) is 0 Å². The molecule has 4 saturated carbocycles. The largest absolute Gasteiger partial charge is 0.394 e. The Kier molecular flexibility index (Phi) is 12.5. The first-order chi connectivity index (χ1) is 25.6. The van der Waals surface area contributed by atoms with Gasteiger partial charge in [-0.05, 0) is 124 Å². The zero-order chi connectivity index (χ0) is 40.6. The Bertz CT molecular complexity index is 1370. The molecular weight excluding hydrogens is 712 g/mol. The summed E-state index contributed by atoms with van der Waals surface area (Å²) in [6.45, 7) is 16.7. The minimum Gasteiger partial charge on any atom is -0.394 e. The summed E-state index contributed by atoms with van der Waals surface area (Å²) >= 11 is 0. The summed E-state index contributed by atoms with van der Waals surface area (Å²) in [5, 5.41) is 97.4. The van der Waals surface area contributed by atoms with Gasteiger partial charge in [0.1, 0.15) is 48.8 Å². The second kappa shape index (κ2) is 15.7. The zero-order valence-electron chi connectivity index (χ0n) is 34.3. The summed E-state index contributed by atoms with van der Waals surface area (Å²) in [5.41, 5.74) is -0.301. The van der Waals surface area contributed by atoms with Crippen molar-refractivity contribution in [2.75, 3.05) is 13.2 Å². The fourth-order valence-electron chi connectivity index (χ4n) is 13.2. The van der Waals surface area contributed by atoms with Crippen molar-refractivity contribution in [3.05, 3.63) is 11.6 Å². The van der Waals surface area contributed by atoms with Crippen molar-refractivity contribution in [3.63, 3.8) is 0 Å². The van der Waals surface area contributed by atoms with Crippen LogP contribution in [0.3, 0.4) is 0 Å². The first-order valence-corrected chi connectivity index (χ1v) is 20.9. The number of ether oxygens (including phenoxy) is 4. The molecule has 0 radical (unpaired) electrons. The van der Waals surface area contributed by atoms with Gasteiger partial charge in [0.25, 0.3) is 0 Å². The van der Waals surface area contributed by atoms with Crippen molar-refractivity contribution >= 4 is 0 Å². The van der Waals surface area contributed by atoms with E-state index >= 15 is 0 Å². The lowest BCUT2D eigenvalue weighted by atomic mass is 9.35. The third-order valence-electron chi connectivity index (χ3n) is 16.7. The fraction of sp³-hybridized carbons (Fsp3) is 0.952. The highest BCUT2D eigenvalue weighted by molar-refractivity contribution is 5.20. The average Bonchev–Trinajstić information content (AvgIpc) is 3.51. The van der Waals surface area contributed by atoms with Gasteiger partial charge in [-0.2, -0.15) is 0 Å². The van der Waals surface area contributed by atoms with E-state index in [1.54, 1.807) is 0 Å². The summed E-state index contributed by atoms with van der Waals surface area (Å²) in [7, 11) is 0. The highest BCUT2D eigenvalue weighted by atomic mass is 16.7. The van der Waals surface area contributed by atoms with Gasteiger partial charge in [-0.25, -0.2) is 0 Å². The maximum atomic E-state index is 12.4. The van der Waals surface area contributed by atoms with Gasteiger partial charge in [0.05, 0.1) is 31.0 Å². The van der Waals surface area contributed by atoms with Gasteiger partial charge >= 0.3 is 0 Å². The van der Waals surface area contributed by atoms with Crippen LogP contribution >= 0.6 is 0 Å². The Morgan fingerprint density at radius 1 is 0.727 bits per heavy atom. The standard InChI is InChI=1S/C42H72O13/c1-21(2)10-9-14-42(8,55-37-35(51)33(49)31(47)25(54-37)20-52-36-34(50)32(48)30(46)24(19-43)53-36)22-11-16-41(7)29(22)23(44)18-27-39(5)15-13-28(45)38(3,4)26(39)12-17-40(27,41)6/h10,22-37,43-51H,9,11-20H2,1-8H3/t22-,23+,24+,25+,26-,27+,28-,29-,30+,31+,32-,33-,34+,35+,36+,37-,39-,40+,41+,42-/m0/s1. The first-order valence-electron chi connectivity index (χ1n) is 20.9. The zero-order valence-corrected chi connectivity index (χ0v) is 34.3. The van der Waals surface area contributed by atoms with Crippen LogP contribution in [0.2, 0.25) is 0 Å². The molecule has 2 heterocycles. The lowest BCUT2D eigenvalue weighted by molar-refractivity contribution is -0.349. The summed E-state index contributed by atoms with van der Waals surface area (Å²) < 4.78 is 24.2. The van der Waals surface area contributed by atoms with Gasteiger partial charge in [-0.15, -0.1) is 0 Å². The van der Waals surface area contributed by atoms with Crippen LogP contribution in [0.1, 0.15) is 113 Å². The van der Waals surface area contributed by atoms with Crippen molar-refractivity contribution in [1.82, 2.24) is 0 Å². The minimum atomic E-state index is -1.67. The van der Waals surface area contributed by atoms with Gasteiger partial charge in [-0.1, -0.05) is 46.3 Å². The Hall–Kier alpha value is -0.780. The van der Waals surface area contributed by atoms with Crippen LogP contribution in [0, 0.1) is 45.3 Å². The molecule has 2 saturated heterocycles. The van der Waals surface area contributed by atoms with Crippen molar-refractivity contribution in [3.8, 4) is 0 Å². The number of hydrogen-bond acceptors (Lipinski definition) is 13. The van der Waals surface area contributed by atoms with Crippen molar-refractivity contribution in [2.24, 2.45) is 45.3 Å². The van der Waals surface area contributed by atoms with E-state index in [0.717, 1.165) is 44.1 Å². The van der Waals surface area contributed by atoms with E-state index in [1.807, 2.05) is 20.8 Å². The molecule has 20 atom stereocenters. The van der Waals surface area contributed by atoms with Crippen molar-refractivity contribution < 1.29 is 64.9 Å². The fourth-order valence-corrected chi connectivity index (χ4v) is 13.2. The Morgan fingerprint density at radius 2 is 1.33 bits per heavy atom. The molecule has 0 aromatic carbocycles. The molecule has 0 spiro atoms. The van der Waals surface area contributed by atoms with Gasteiger partial charge in [0, 0.05) is 0 Å². The molecule has 6 aliphatic rings. The number of aliphatic hydroxyl groups excluding tert-OH is 9. The van der Waals surface area contributed by atoms with Gasteiger partial charge in [-0.3, -0.25) is 0 Å². The molecule has 13 heteroatoms. The van der Waals surface area contributed by atoms with Crippen molar-refractivity contribution in [2.45, 2.75) is 192 Å². The molecule has 2 aliphatic heterocycles. The maximum absolute atomic E-state index is 12.4. The van der Waals surface area contributed by atoms with Gasteiger partial charge in [0.2, 0.25) is 0 Å². The third-order valence-corrected chi connectivity index (χ3v) is 16.7. The van der Waals surface area contributed by atoms with Crippen LogP contribution in [0.15, 0.2) is 11.6 Å². The molecule has 0 aromatic heterocycles. The van der Waals surface area contributed by atoms with Crippen molar-refractivity contribution in [1.29, 1.82) is 0 Å². The summed E-state index contributed by atoms with van der Waals surface area (Å²) in [4.78, 5) is 0. The Labute approximate surface area is 327 Å². The number of allylic oxidation sites excluding steroid dienone is 2. The predicted octanol–water partition coefficient (Wildman–Crippen LogP) is 2.15. The predicted molar refractivity (Wildman–Crippen MR) is 201 cm³/mol. The molecule has 6 fully saturated rings. The maximum Gasteiger partial charge on any atom is 0.187 e. The van der Waals surface area contributed by atoms with E-state index in [0.29, 0.717) is 25.2 Å². The van der Waals surface area contributed by atoms with E-state index in [2.05, 4.69) is 40.7 Å². The third kappa shape index (κ3) is 7.20. The molecule has 0 aromatic rings. The number of aliphatic hydroxyl groups is 9. The van der Waals surface area contributed by atoms with E-state index in [1.165, 1.54) is 0 Å². The molecule has 0 amide bonds. The summed E-state index contributed by atoms with van der Waals surface area (Å²) in [6.07, 6.45) is -6.62. The van der Waals surface area contributed by atoms with Gasteiger partial charge in [0.15, 0.2) is 12.6 Å².